The number of nitrogens with zero attached hydrogens (tertiary/aromatic N) is 3. The molecule has 6 nitrogen and oxygen atoms in total. The number of carbonyl (C=O) groups is 2. The first-order valence-corrected chi connectivity index (χ1v) is 12.2. The van der Waals surface area contributed by atoms with Crippen LogP contribution in [0.15, 0.2) is 85.1 Å². The molecule has 2 aliphatic rings. The van der Waals surface area contributed by atoms with Crippen LogP contribution in [0, 0.1) is 0 Å². The number of fused-ring (bicyclic) bond motifs is 2. The maximum Gasteiger partial charge on any atom is 0.255 e. The summed E-state index contributed by atoms with van der Waals surface area (Å²) in [5.74, 6) is -0.0802. The van der Waals surface area contributed by atoms with Crippen LogP contribution in [0.5, 0.6) is 0 Å². The lowest BCUT2D eigenvalue weighted by molar-refractivity contribution is -0.136. The standard InChI is InChI=1S/C29H28N4O2/c1-20(28(34)32-17-15-31(16-18-32)21-9-3-2-4-10-21)33-27(23-12-5-6-13-24(23)29(33)35)25-19-30-26-14-8-7-11-22(25)26/h2-14,19-20,27,30H,15-18H2,1H3/t20-,27+/m1/s1. The second-order valence-corrected chi connectivity index (χ2v) is 9.32. The Morgan fingerprint density at radius 3 is 2.34 bits per heavy atom. The molecule has 1 aromatic heterocycles. The van der Waals surface area contributed by atoms with Crippen molar-refractivity contribution in [3.63, 3.8) is 0 Å². The van der Waals surface area contributed by atoms with E-state index >= 15 is 0 Å². The number of hydrogen-bond acceptors (Lipinski definition) is 3. The van der Waals surface area contributed by atoms with Gasteiger partial charge in [0.1, 0.15) is 6.04 Å². The fourth-order valence-electron chi connectivity index (χ4n) is 5.58. The van der Waals surface area contributed by atoms with Gasteiger partial charge in [-0.1, -0.05) is 54.6 Å². The van der Waals surface area contributed by atoms with Crippen LogP contribution < -0.4 is 4.90 Å². The van der Waals surface area contributed by atoms with E-state index in [1.807, 2.05) is 78.7 Å². The van der Waals surface area contributed by atoms with Crippen molar-refractivity contribution in [2.75, 3.05) is 31.1 Å². The van der Waals surface area contributed by atoms with Crippen LogP contribution in [0.3, 0.4) is 0 Å². The molecule has 6 heteroatoms. The quantitative estimate of drug-likeness (QED) is 0.486. The van der Waals surface area contributed by atoms with Crippen molar-refractivity contribution in [2.24, 2.45) is 0 Å². The number of piperazine rings is 1. The Bertz CT molecular complexity index is 1390. The zero-order chi connectivity index (χ0) is 23.9. The summed E-state index contributed by atoms with van der Waals surface area (Å²) in [6.45, 7) is 4.72. The van der Waals surface area contributed by atoms with Crippen molar-refractivity contribution in [1.82, 2.24) is 14.8 Å². The molecule has 0 radical (unpaired) electrons. The molecule has 0 bridgehead atoms. The average Bonchev–Trinajstić information content (AvgIpc) is 3.47. The third-order valence-electron chi connectivity index (χ3n) is 7.40. The Labute approximate surface area is 204 Å². The number of H-pyrrole nitrogens is 1. The Morgan fingerprint density at radius 2 is 1.54 bits per heavy atom. The first-order valence-electron chi connectivity index (χ1n) is 12.2. The summed E-state index contributed by atoms with van der Waals surface area (Å²) < 4.78 is 0. The first-order chi connectivity index (χ1) is 17.1. The molecule has 4 aromatic rings. The van der Waals surface area contributed by atoms with Gasteiger partial charge in [-0.2, -0.15) is 0 Å². The number of benzene rings is 3. The summed E-state index contributed by atoms with van der Waals surface area (Å²) >= 11 is 0. The number of anilines is 1. The van der Waals surface area contributed by atoms with Gasteiger partial charge in [0.25, 0.3) is 5.91 Å². The Hall–Kier alpha value is -4.06. The Morgan fingerprint density at radius 1 is 0.857 bits per heavy atom. The van der Waals surface area contributed by atoms with Crippen LogP contribution in [0.2, 0.25) is 0 Å². The molecule has 176 valence electrons. The molecule has 2 aliphatic heterocycles. The molecule has 0 unspecified atom stereocenters. The highest BCUT2D eigenvalue weighted by atomic mass is 16.2. The van der Waals surface area contributed by atoms with Gasteiger partial charge in [0.15, 0.2) is 0 Å². The molecular weight excluding hydrogens is 436 g/mol. The van der Waals surface area contributed by atoms with Crippen molar-refractivity contribution < 1.29 is 9.59 Å². The third-order valence-corrected chi connectivity index (χ3v) is 7.40. The topological polar surface area (TPSA) is 59.7 Å². The van der Waals surface area contributed by atoms with Crippen LogP contribution in [-0.2, 0) is 4.79 Å². The molecule has 3 heterocycles. The zero-order valence-corrected chi connectivity index (χ0v) is 19.7. The van der Waals surface area contributed by atoms with E-state index in [0.717, 1.165) is 35.1 Å². The van der Waals surface area contributed by atoms with Gasteiger partial charge in [-0.05, 0) is 36.8 Å². The van der Waals surface area contributed by atoms with Crippen molar-refractivity contribution in [3.8, 4) is 0 Å². The molecule has 2 amide bonds. The Kier molecular flexibility index (Phi) is 5.29. The molecule has 35 heavy (non-hydrogen) atoms. The van der Waals surface area contributed by atoms with Gasteiger partial charge in [0, 0.05) is 60.1 Å². The number of nitrogens with one attached hydrogen (secondary N) is 1. The van der Waals surface area contributed by atoms with E-state index in [2.05, 4.69) is 28.1 Å². The second-order valence-electron chi connectivity index (χ2n) is 9.32. The fraction of sp³-hybridized carbons (Fsp3) is 0.241. The SMILES string of the molecule is C[C@H](C(=O)N1CCN(c2ccccc2)CC1)N1C(=O)c2ccccc2[C@H]1c1c[nH]c2ccccc12. The minimum Gasteiger partial charge on any atom is -0.368 e. The van der Waals surface area contributed by atoms with Gasteiger partial charge in [-0.3, -0.25) is 9.59 Å². The second kappa shape index (κ2) is 8.62. The largest absolute Gasteiger partial charge is 0.368 e. The number of aromatic nitrogens is 1. The predicted octanol–water partition coefficient (Wildman–Crippen LogP) is 4.45. The average molecular weight is 465 g/mol. The molecule has 0 spiro atoms. The molecule has 3 aromatic carbocycles. The van der Waals surface area contributed by atoms with E-state index < -0.39 is 6.04 Å². The van der Waals surface area contributed by atoms with Crippen LogP contribution in [-0.4, -0.2) is 58.8 Å². The molecular formula is C29H28N4O2. The van der Waals surface area contributed by atoms with E-state index in [0.29, 0.717) is 18.7 Å². The summed E-state index contributed by atoms with van der Waals surface area (Å²) in [4.78, 5) is 36.7. The van der Waals surface area contributed by atoms with E-state index in [4.69, 9.17) is 0 Å². The molecule has 1 fully saturated rings. The maximum absolute atomic E-state index is 13.7. The Balaban J connectivity index is 1.29. The third kappa shape index (κ3) is 3.57. The minimum atomic E-state index is -0.572. The number of para-hydroxylation sites is 2. The normalized spacial score (nSPS) is 18.7. The fourth-order valence-corrected chi connectivity index (χ4v) is 5.58. The summed E-state index contributed by atoms with van der Waals surface area (Å²) in [7, 11) is 0. The number of aromatic amines is 1. The molecule has 1 N–H and O–H groups in total. The molecule has 0 aliphatic carbocycles. The van der Waals surface area contributed by atoms with Crippen LogP contribution in [0.4, 0.5) is 5.69 Å². The summed E-state index contributed by atoms with van der Waals surface area (Å²) in [5.41, 5.74) is 4.85. The molecule has 0 saturated carbocycles. The minimum absolute atomic E-state index is 0.00343. The lowest BCUT2D eigenvalue weighted by Gasteiger charge is -2.39. The summed E-state index contributed by atoms with van der Waals surface area (Å²) in [5, 5.41) is 1.07. The monoisotopic (exact) mass is 464 g/mol. The number of carbonyl (C=O) groups excluding carboxylic acids is 2. The maximum atomic E-state index is 13.7. The van der Waals surface area contributed by atoms with Crippen molar-refractivity contribution in [3.05, 3.63) is 102 Å². The van der Waals surface area contributed by atoms with Crippen LogP contribution in [0.1, 0.15) is 34.5 Å². The predicted molar refractivity (Wildman–Crippen MR) is 137 cm³/mol. The lowest BCUT2D eigenvalue weighted by Crippen LogP contribution is -2.54. The van der Waals surface area contributed by atoms with Crippen LogP contribution in [0.25, 0.3) is 10.9 Å². The highest BCUT2D eigenvalue weighted by Crippen LogP contribution is 2.42. The van der Waals surface area contributed by atoms with Crippen molar-refractivity contribution in [2.45, 2.75) is 19.0 Å². The highest BCUT2D eigenvalue weighted by molar-refractivity contribution is 6.03. The van der Waals surface area contributed by atoms with E-state index in [1.54, 1.807) is 4.90 Å². The van der Waals surface area contributed by atoms with Crippen molar-refractivity contribution in [1.29, 1.82) is 0 Å². The van der Waals surface area contributed by atoms with Gasteiger partial charge in [0.2, 0.25) is 5.91 Å². The highest BCUT2D eigenvalue weighted by Gasteiger charge is 2.44. The first kappa shape index (κ1) is 21.5. The number of amides is 2. The zero-order valence-electron chi connectivity index (χ0n) is 19.7. The van der Waals surface area contributed by atoms with Gasteiger partial charge in [0.05, 0.1) is 6.04 Å². The van der Waals surface area contributed by atoms with E-state index in [1.165, 1.54) is 5.69 Å². The smallest absolute Gasteiger partial charge is 0.255 e. The summed E-state index contributed by atoms with van der Waals surface area (Å²) in [6.07, 6.45) is 1.98. The number of rotatable bonds is 4. The lowest BCUT2D eigenvalue weighted by atomic mass is 9.97. The van der Waals surface area contributed by atoms with Gasteiger partial charge in [-0.25, -0.2) is 0 Å². The van der Waals surface area contributed by atoms with Gasteiger partial charge in [-0.15, -0.1) is 0 Å². The molecule has 1 saturated heterocycles. The van der Waals surface area contributed by atoms with Crippen molar-refractivity contribution >= 4 is 28.4 Å². The van der Waals surface area contributed by atoms with E-state index in [9.17, 15) is 9.59 Å². The molecule has 6 rings (SSSR count). The summed E-state index contributed by atoms with van der Waals surface area (Å²) in [6, 6.07) is 25.3. The van der Waals surface area contributed by atoms with Gasteiger partial charge < -0.3 is 19.7 Å². The molecule has 2 atom stereocenters. The number of hydrogen-bond donors (Lipinski definition) is 1. The van der Waals surface area contributed by atoms with E-state index in [-0.39, 0.29) is 17.9 Å². The van der Waals surface area contributed by atoms with Gasteiger partial charge >= 0.3 is 0 Å². The van der Waals surface area contributed by atoms with Crippen LogP contribution >= 0.6 is 0 Å².